The van der Waals surface area contributed by atoms with Gasteiger partial charge in [-0.05, 0) is 42.5 Å². The molecule has 0 amide bonds. The van der Waals surface area contributed by atoms with Gasteiger partial charge in [-0.15, -0.1) is 0 Å². The van der Waals surface area contributed by atoms with Crippen molar-refractivity contribution in [2.75, 3.05) is 0 Å². The summed E-state index contributed by atoms with van der Waals surface area (Å²) < 4.78 is 0. The maximum atomic E-state index is 5.06. The Morgan fingerprint density at radius 2 is 0.974 bits per heavy atom. The number of nitrogens with zero attached hydrogens (tertiary/aromatic N) is 5. The van der Waals surface area contributed by atoms with Crippen molar-refractivity contribution in [1.29, 1.82) is 0 Å². The maximum absolute atomic E-state index is 5.06. The van der Waals surface area contributed by atoms with Crippen molar-refractivity contribution in [3.8, 4) is 45.2 Å². The monoisotopic (exact) mass is 487 g/mol. The number of pyridine rings is 3. The van der Waals surface area contributed by atoms with Gasteiger partial charge in [-0.3, -0.25) is 15.0 Å². The van der Waals surface area contributed by atoms with E-state index in [-0.39, 0.29) is 0 Å². The molecule has 0 radical (unpaired) electrons. The minimum Gasteiger partial charge on any atom is -0.256 e. The third-order valence-electron chi connectivity index (χ3n) is 6.67. The first-order valence-corrected chi connectivity index (χ1v) is 12.4. The molecule has 0 saturated carbocycles. The fourth-order valence-electron chi connectivity index (χ4n) is 4.83. The van der Waals surface area contributed by atoms with Gasteiger partial charge in [0.25, 0.3) is 0 Å². The van der Waals surface area contributed by atoms with Crippen molar-refractivity contribution in [3.05, 3.63) is 128 Å². The number of benzene rings is 3. The van der Waals surface area contributed by atoms with Crippen molar-refractivity contribution < 1.29 is 0 Å². The Kier molecular flexibility index (Phi) is 5.37. The van der Waals surface area contributed by atoms with Crippen molar-refractivity contribution in [3.63, 3.8) is 0 Å². The fraction of sp³-hybridized carbons (Fsp3) is 0. The predicted molar refractivity (Wildman–Crippen MR) is 152 cm³/mol. The normalized spacial score (nSPS) is 11.2. The van der Waals surface area contributed by atoms with Crippen LogP contribution >= 0.6 is 0 Å². The summed E-state index contributed by atoms with van der Waals surface area (Å²) in [6.45, 7) is 0. The molecule has 4 aromatic heterocycles. The Hall–Kier alpha value is -5.29. The molecular formula is C33H21N5. The van der Waals surface area contributed by atoms with E-state index in [9.17, 15) is 0 Å². The number of fused-ring (bicyclic) bond motifs is 2. The molecule has 3 aromatic carbocycles. The highest BCUT2D eigenvalue weighted by Crippen LogP contribution is 2.34. The molecule has 0 saturated heterocycles. The van der Waals surface area contributed by atoms with Crippen LogP contribution in [-0.2, 0) is 0 Å². The molecule has 0 N–H and O–H groups in total. The van der Waals surface area contributed by atoms with Crippen LogP contribution in [0.1, 0.15) is 0 Å². The van der Waals surface area contributed by atoms with Gasteiger partial charge in [0.05, 0.1) is 28.1 Å². The first-order chi connectivity index (χ1) is 18.8. The average molecular weight is 488 g/mol. The van der Waals surface area contributed by atoms with Gasteiger partial charge >= 0.3 is 0 Å². The van der Waals surface area contributed by atoms with Gasteiger partial charge in [-0.1, -0.05) is 66.7 Å². The van der Waals surface area contributed by atoms with Gasteiger partial charge in [-0.25, -0.2) is 9.97 Å². The molecule has 38 heavy (non-hydrogen) atoms. The lowest BCUT2D eigenvalue weighted by Gasteiger charge is -2.12. The van der Waals surface area contributed by atoms with Gasteiger partial charge in [0, 0.05) is 51.6 Å². The molecule has 0 atom stereocenters. The SMILES string of the molecule is c1ccc(-c2ccc(-c3nc(-c4cccc5ncccc45)cc(-c4cccc5ncccc45)n3)cc2)nc1. The summed E-state index contributed by atoms with van der Waals surface area (Å²) >= 11 is 0. The van der Waals surface area contributed by atoms with E-state index >= 15 is 0 Å². The standard InChI is InChI=1S/C33H21N5/c1-2-18-34-28(11-1)22-14-16-23(17-15-22)33-37-31(26-7-3-12-29-24(26)9-5-19-35-29)21-32(38-33)27-8-4-13-30-25(27)10-6-20-36-30/h1-21H. The summed E-state index contributed by atoms with van der Waals surface area (Å²) in [5.74, 6) is 0.659. The summed E-state index contributed by atoms with van der Waals surface area (Å²) in [7, 11) is 0. The van der Waals surface area contributed by atoms with Crippen LogP contribution in [0.4, 0.5) is 0 Å². The largest absolute Gasteiger partial charge is 0.256 e. The minimum absolute atomic E-state index is 0.659. The zero-order valence-corrected chi connectivity index (χ0v) is 20.4. The van der Waals surface area contributed by atoms with Gasteiger partial charge in [0.15, 0.2) is 5.82 Å². The third kappa shape index (κ3) is 3.96. The topological polar surface area (TPSA) is 64.5 Å². The predicted octanol–water partition coefficient (Wildman–Crippen LogP) is 7.64. The molecule has 0 spiro atoms. The molecule has 7 rings (SSSR count). The maximum Gasteiger partial charge on any atom is 0.160 e. The lowest BCUT2D eigenvalue weighted by molar-refractivity contribution is 1.19. The Balaban J connectivity index is 1.44. The molecule has 5 nitrogen and oxygen atoms in total. The van der Waals surface area contributed by atoms with Crippen LogP contribution in [0.3, 0.4) is 0 Å². The Labute approximate surface area is 219 Å². The van der Waals surface area contributed by atoms with Gasteiger partial charge in [0.1, 0.15) is 0 Å². The summed E-state index contributed by atoms with van der Waals surface area (Å²) in [5.41, 5.74) is 8.50. The zero-order chi connectivity index (χ0) is 25.3. The molecule has 178 valence electrons. The van der Waals surface area contributed by atoms with E-state index in [1.807, 2.05) is 67.0 Å². The van der Waals surface area contributed by atoms with Crippen LogP contribution in [0, 0.1) is 0 Å². The van der Waals surface area contributed by atoms with E-state index in [4.69, 9.17) is 9.97 Å². The highest BCUT2D eigenvalue weighted by molar-refractivity contribution is 5.97. The average Bonchev–Trinajstić information content (AvgIpc) is 3.01. The molecule has 0 aliphatic carbocycles. The molecular weight excluding hydrogens is 466 g/mol. The Bertz CT molecular complexity index is 1810. The summed E-state index contributed by atoms with van der Waals surface area (Å²) in [5, 5.41) is 2.10. The van der Waals surface area contributed by atoms with E-state index < -0.39 is 0 Å². The van der Waals surface area contributed by atoms with Crippen molar-refractivity contribution >= 4 is 21.8 Å². The number of hydrogen-bond donors (Lipinski definition) is 0. The number of aromatic nitrogens is 5. The second kappa shape index (κ2) is 9.30. The van der Waals surface area contributed by atoms with E-state index in [0.717, 1.165) is 61.1 Å². The summed E-state index contributed by atoms with van der Waals surface area (Å²) in [6.07, 6.45) is 5.44. The van der Waals surface area contributed by atoms with Crippen LogP contribution in [-0.4, -0.2) is 24.9 Å². The highest BCUT2D eigenvalue weighted by atomic mass is 14.9. The van der Waals surface area contributed by atoms with Crippen molar-refractivity contribution in [1.82, 2.24) is 24.9 Å². The molecule has 7 aromatic rings. The Morgan fingerprint density at radius 3 is 1.55 bits per heavy atom. The van der Waals surface area contributed by atoms with Crippen molar-refractivity contribution in [2.45, 2.75) is 0 Å². The van der Waals surface area contributed by atoms with Crippen molar-refractivity contribution in [2.24, 2.45) is 0 Å². The van der Waals surface area contributed by atoms with Gasteiger partial charge in [0.2, 0.25) is 0 Å². The lowest BCUT2D eigenvalue weighted by atomic mass is 10.0. The molecule has 0 unspecified atom stereocenters. The van der Waals surface area contributed by atoms with E-state index in [2.05, 4.69) is 69.5 Å². The number of hydrogen-bond acceptors (Lipinski definition) is 5. The molecule has 5 heteroatoms. The second-order valence-electron chi connectivity index (χ2n) is 9.01. The van der Waals surface area contributed by atoms with Crippen LogP contribution in [0.15, 0.2) is 128 Å². The lowest BCUT2D eigenvalue weighted by Crippen LogP contribution is -1.97. The fourth-order valence-corrected chi connectivity index (χ4v) is 4.83. The quantitative estimate of drug-likeness (QED) is 0.255. The van der Waals surface area contributed by atoms with Crippen LogP contribution in [0.25, 0.3) is 67.0 Å². The minimum atomic E-state index is 0.659. The van der Waals surface area contributed by atoms with Crippen LogP contribution in [0.2, 0.25) is 0 Å². The number of rotatable bonds is 4. The van der Waals surface area contributed by atoms with E-state index in [1.54, 1.807) is 6.20 Å². The summed E-state index contributed by atoms with van der Waals surface area (Å²) in [4.78, 5) is 23.7. The van der Waals surface area contributed by atoms with Crippen LogP contribution < -0.4 is 0 Å². The highest BCUT2D eigenvalue weighted by Gasteiger charge is 2.14. The zero-order valence-electron chi connectivity index (χ0n) is 20.4. The van der Waals surface area contributed by atoms with Crippen LogP contribution in [0.5, 0.6) is 0 Å². The molecule has 4 heterocycles. The molecule has 0 aliphatic heterocycles. The smallest absolute Gasteiger partial charge is 0.160 e. The van der Waals surface area contributed by atoms with E-state index in [1.165, 1.54) is 0 Å². The molecule has 0 bridgehead atoms. The van der Waals surface area contributed by atoms with Gasteiger partial charge in [-0.2, -0.15) is 0 Å². The molecule has 0 fully saturated rings. The van der Waals surface area contributed by atoms with E-state index in [0.29, 0.717) is 5.82 Å². The first kappa shape index (κ1) is 21.9. The summed E-state index contributed by atoms with van der Waals surface area (Å²) in [6, 6.07) is 36.6. The Morgan fingerprint density at radius 1 is 0.395 bits per heavy atom. The first-order valence-electron chi connectivity index (χ1n) is 12.4. The van der Waals surface area contributed by atoms with Gasteiger partial charge < -0.3 is 0 Å². The molecule has 0 aliphatic rings. The second-order valence-corrected chi connectivity index (χ2v) is 9.01. The third-order valence-corrected chi connectivity index (χ3v) is 6.67.